The first-order chi connectivity index (χ1) is 8.78. The zero-order valence-electron chi connectivity index (χ0n) is 12.5. The second-order valence-electron chi connectivity index (χ2n) is 6.38. The highest BCUT2D eigenvalue weighted by Crippen LogP contribution is 2.42. The smallest absolute Gasteiger partial charge is 0.0362 e. The summed E-state index contributed by atoms with van der Waals surface area (Å²) in [7, 11) is 0. The molecule has 0 radical (unpaired) electrons. The van der Waals surface area contributed by atoms with E-state index in [4.69, 9.17) is 5.73 Å². The lowest BCUT2D eigenvalue weighted by Gasteiger charge is -2.53. The van der Waals surface area contributed by atoms with E-state index in [0.29, 0.717) is 5.54 Å². The Morgan fingerprint density at radius 2 is 1.72 bits per heavy atom. The maximum Gasteiger partial charge on any atom is 0.0362 e. The molecule has 2 unspecified atom stereocenters. The van der Waals surface area contributed by atoms with Gasteiger partial charge in [0, 0.05) is 18.1 Å². The van der Waals surface area contributed by atoms with Crippen LogP contribution in [0.2, 0.25) is 0 Å². The normalized spacial score (nSPS) is 34.3. The number of nitrogens with zero attached hydrogens (tertiary/aromatic N) is 1. The summed E-state index contributed by atoms with van der Waals surface area (Å²) in [6.07, 6.45) is 12.5. The van der Waals surface area contributed by atoms with Crippen molar-refractivity contribution < 1.29 is 0 Å². The maximum atomic E-state index is 6.31. The predicted octanol–water partition coefficient (Wildman–Crippen LogP) is 3.55. The second kappa shape index (κ2) is 6.38. The van der Waals surface area contributed by atoms with Crippen LogP contribution in [0.5, 0.6) is 0 Å². The second-order valence-corrected chi connectivity index (χ2v) is 6.38. The largest absolute Gasteiger partial charge is 0.329 e. The van der Waals surface area contributed by atoms with Crippen molar-refractivity contribution in [2.45, 2.75) is 83.2 Å². The first-order valence-electron chi connectivity index (χ1n) is 8.25. The van der Waals surface area contributed by atoms with Crippen LogP contribution in [0.1, 0.15) is 71.6 Å². The molecule has 0 spiro atoms. The minimum Gasteiger partial charge on any atom is -0.329 e. The standard InChI is InChI=1S/C16H32N2/c1-3-14-9-7-8-12-16(14,13-17)18(4-2)15-10-5-6-11-15/h14-15H,3-13,17H2,1-2H3. The fraction of sp³-hybridized carbons (Fsp3) is 1.00. The van der Waals surface area contributed by atoms with E-state index in [0.717, 1.165) is 18.5 Å². The van der Waals surface area contributed by atoms with Gasteiger partial charge in [0.15, 0.2) is 0 Å². The molecule has 2 nitrogen and oxygen atoms in total. The number of likely N-dealkylation sites (N-methyl/N-ethyl adjacent to an activating group) is 1. The molecule has 2 aliphatic carbocycles. The topological polar surface area (TPSA) is 29.3 Å². The highest BCUT2D eigenvalue weighted by Gasteiger charge is 2.45. The summed E-state index contributed by atoms with van der Waals surface area (Å²) >= 11 is 0. The van der Waals surface area contributed by atoms with Crippen LogP contribution >= 0.6 is 0 Å². The van der Waals surface area contributed by atoms with Crippen molar-refractivity contribution in [3.05, 3.63) is 0 Å². The van der Waals surface area contributed by atoms with Gasteiger partial charge in [-0.2, -0.15) is 0 Å². The lowest BCUT2D eigenvalue weighted by atomic mass is 9.69. The van der Waals surface area contributed by atoms with Crippen molar-refractivity contribution in [1.82, 2.24) is 4.90 Å². The Kier molecular flexibility index (Phi) is 5.08. The Morgan fingerprint density at radius 1 is 1.06 bits per heavy atom. The summed E-state index contributed by atoms with van der Waals surface area (Å²) in [5, 5.41) is 0. The van der Waals surface area contributed by atoms with Crippen LogP contribution in [0.4, 0.5) is 0 Å². The molecular formula is C16H32N2. The highest BCUT2D eigenvalue weighted by atomic mass is 15.2. The summed E-state index contributed by atoms with van der Waals surface area (Å²) < 4.78 is 0. The Balaban J connectivity index is 2.20. The Hall–Kier alpha value is -0.0800. The Bertz CT molecular complexity index is 247. The number of hydrogen-bond acceptors (Lipinski definition) is 2. The quantitative estimate of drug-likeness (QED) is 0.811. The third-order valence-electron chi connectivity index (χ3n) is 5.70. The molecule has 0 aliphatic heterocycles. The molecule has 0 aromatic heterocycles. The van der Waals surface area contributed by atoms with Gasteiger partial charge < -0.3 is 5.73 Å². The molecule has 2 aliphatic rings. The van der Waals surface area contributed by atoms with E-state index < -0.39 is 0 Å². The van der Waals surface area contributed by atoms with E-state index in [9.17, 15) is 0 Å². The van der Waals surface area contributed by atoms with Crippen LogP contribution in [-0.4, -0.2) is 29.6 Å². The number of nitrogens with two attached hydrogens (primary N) is 1. The predicted molar refractivity (Wildman–Crippen MR) is 78.7 cm³/mol. The van der Waals surface area contributed by atoms with E-state index in [1.54, 1.807) is 0 Å². The molecule has 0 amide bonds. The molecule has 0 aromatic rings. The van der Waals surface area contributed by atoms with Gasteiger partial charge in [0.2, 0.25) is 0 Å². The molecule has 0 saturated heterocycles. The average molecular weight is 252 g/mol. The van der Waals surface area contributed by atoms with Crippen LogP contribution in [0.15, 0.2) is 0 Å². The molecule has 2 heteroatoms. The Labute approximate surface area is 113 Å². The molecule has 0 heterocycles. The molecule has 0 bridgehead atoms. The van der Waals surface area contributed by atoms with Crippen molar-refractivity contribution in [3.63, 3.8) is 0 Å². The van der Waals surface area contributed by atoms with Gasteiger partial charge in [0.05, 0.1) is 0 Å². The third kappa shape index (κ3) is 2.46. The highest BCUT2D eigenvalue weighted by molar-refractivity contribution is 5.02. The van der Waals surface area contributed by atoms with Crippen LogP contribution in [0.25, 0.3) is 0 Å². The van der Waals surface area contributed by atoms with Gasteiger partial charge in [-0.1, -0.05) is 46.0 Å². The van der Waals surface area contributed by atoms with Gasteiger partial charge in [-0.05, 0) is 38.1 Å². The minimum absolute atomic E-state index is 0.330. The van der Waals surface area contributed by atoms with Crippen molar-refractivity contribution >= 4 is 0 Å². The van der Waals surface area contributed by atoms with Crippen LogP contribution in [0, 0.1) is 5.92 Å². The zero-order chi connectivity index (χ0) is 13.0. The van der Waals surface area contributed by atoms with Crippen LogP contribution < -0.4 is 5.73 Å². The molecule has 106 valence electrons. The van der Waals surface area contributed by atoms with E-state index in [1.165, 1.54) is 64.3 Å². The lowest BCUT2D eigenvalue weighted by molar-refractivity contribution is -0.0211. The van der Waals surface area contributed by atoms with Crippen LogP contribution in [0.3, 0.4) is 0 Å². The Morgan fingerprint density at radius 3 is 2.28 bits per heavy atom. The van der Waals surface area contributed by atoms with E-state index in [1.807, 2.05) is 0 Å². The van der Waals surface area contributed by atoms with Crippen molar-refractivity contribution in [2.75, 3.05) is 13.1 Å². The minimum atomic E-state index is 0.330. The summed E-state index contributed by atoms with van der Waals surface area (Å²) in [4.78, 5) is 2.83. The molecule has 2 rings (SSSR count). The summed E-state index contributed by atoms with van der Waals surface area (Å²) in [5.74, 6) is 0.830. The van der Waals surface area contributed by atoms with E-state index in [2.05, 4.69) is 18.7 Å². The molecule has 2 saturated carbocycles. The van der Waals surface area contributed by atoms with Gasteiger partial charge in [-0.3, -0.25) is 4.90 Å². The monoisotopic (exact) mass is 252 g/mol. The molecule has 2 fully saturated rings. The SMILES string of the molecule is CCC1CCCCC1(CN)N(CC)C1CCCC1. The lowest BCUT2D eigenvalue weighted by Crippen LogP contribution is -2.62. The van der Waals surface area contributed by atoms with Crippen LogP contribution in [-0.2, 0) is 0 Å². The molecule has 2 atom stereocenters. The van der Waals surface area contributed by atoms with Gasteiger partial charge in [0.1, 0.15) is 0 Å². The van der Waals surface area contributed by atoms with Gasteiger partial charge in [-0.25, -0.2) is 0 Å². The average Bonchev–Trinajstić information content (AvgIpc) is 2.93. The number of hydrogen-bond donors (Lipinski definition) is 1. The van der Waals surface area contributed by atoms with Gasteiger partial charge in [0.25, 0.3) is 0 Å². The molecular weight excluding hydrogens is 220 g/mol. The molecule has 2 N–H and O–H groups in total. The summed E-state index contributed by atoms with van der Waals surface area (Å²) in [5.41, 5.74) is 6.64. The van der Waals surface area contributed by atoms with Gasteiger partial charge in [-0.15, -0.1) is 0 Å². The van der Waals surface area contributed by atoms with E-state index >= 15 is 0 Å². The maximum absolute atomic E-state index is 6.31. The number of rotatable bonds is 5. The van der Waals surface area contributed by atoms with Gasteiger partial charge >= 0.3 is 0 Å². The first-order valence-corrected chi connectivity index (χ1v) is 8.25. The van der Waals surface area contributed by atoms with Crippen molar-refractivity contribution in [2.24, 2.45) is 11.7 Å². The molecule has 0 aromatic carbocycles. The van der Waals surface area contributed by atoms with E-state index in [-0.39, 0.29) is 0 Å². The molecule has 18 heavy (non-hydrogen) atoms. The fourth-order valence-corrected chi connectivity index (χ4v) is 4.80. The summed E-state index contributed by atoms with van der Waals surface area (Å²) in [6, 6.07) is 0.825. The third-order valence-corrected chi connectivity index (χ3v) is 5.70. The zero-order valence-corrected chi connectivity index (χ0v) is 12.5. The first kappa shape index (κ1) is 14.3. The summed E-state index contributed by atoms with van der Waals surface area (Å²) in [6.45, 7) is 6.77. The van der Waals surface area contributed by atoms with Crippen molar-refractivity contribution in [1.29, 1.82) is 0 Å². The van der Waals surface area contributed by atoms with Crippen molar-refractivity contribution in [3.8, 4) is 0 Å². The fourth-order valence-electron chi connectivity index (χ4n) is 4.80.